The van der Waals surface area contributed by atoms with Crippen LogP contribution in [0.25, 0.3) is 0 Å². The van der Waals surface area contributed by atoms with Gasteiger partial charge in [0.15, 0.2) is 0 Å². The summed E-state index contributed by atoms with van der Waals surface area (Å²) in [6, 6.07) is 0.107. The molecule has 0 unspecified atom stereocenters. The molecule has 5 heteroatoms. The highest BCUT2D eigenvalue weighted by Crippen LogP contribution is 2.32. The minimum Gasteiger partial charge on any atom is -1.00 e. The summed E-state index contributed by atoms with van der Waals surface area (Å²) in [5.74, 6) is -1.36. The van der Waals surface area contributed by atoms with Crippen molar-refractivity contribution in [1.29, 1.82) is 0 Å². The number of halogens is 1. The molecule has 0 aromatic rings. The molecular formula is C7H6BrNO3-2. The highest BCUT2D eigenvalue weighted by molar-refractivity contribution is 5.96. The standard InChI is InChI=1S/C7H7NO3.BrH/c9-6-3-4-1-2-5(7(10)11)8(4)6;/h2,4H,1,3H2,(H,10,11);1H/p-2/t4-;/m1./s1. The summed E-state index contributed by atoms with van der Waals surface area (Å²) in [4.78, 5) is 22.5. The number of carboxylic acids is 1. The minimum atomic E-state index is -1.25. The van der Waals surface area contributed by atoms with Crippen molar-refractivity contribution in [3.05, 3.63) is 11.8 Å². The zero-order valence-corrected chi connectivity index (χ0v) is 7.70. The van der Waals surface area contributed by atoms with Crippen molar-refractivity contribution in [2.45, 2.75) is 18.9 Å². The monoisotopic (exact) mass is 231 g/mol. The predicted octanol–water partition coefficient (Wildman–Crippen LogP) is -4.37. The number of amides is 1. The Bertz CT molecular complexity index is 274. The smallest absolute Gasteiger partial charge is 0.229 e. The number of aliphatic carboxylic acids is 1. The Morgan fingerprint density at radius 1 is 1.67 bits per heavy atom. The van der Waals surface area contributed by atoms with Gasteiger partial charge in [-0.25, -0.2) is 0 Å². The normalized spacial score (nSPS) is 25.3. The van der Waals surface area contributed by atoms with E-state index in [1.165, 1.54) is 4.90 Å². The molecule has 1 saturated heterocycles. The third-order valence-electron chi connectivity index (χ3n) is 2.10. The Balaban J connectivity index is 0.000000720. The molecule has 0 saturated carbocycles. The first-order chi connectivity index (χ1) is 5.20. The number of carbonyl (C=O) groups excluding carboxylic acids is 2. The van der Waals surface area contributed by atoms with Gasteiger partial charge in [0.2, 0.25) is 5.91 Å². The van der Waals surface area contributed by atoms with E-state index < -0.39 is 5.97 Å². The van der Waals surface area contributed by atoms with Crippen LogP contribution < -0.4 is 22.1 Å². The van der Waals surface area contributed by atoms with Gasteiger partial charge in [-0.3, -0.25) is 4.79 Å². The summed E-state index contributed by atoms with van der Waals surface area (Å²) in [5, 5.41) is 10.4. The van der Waals surface area contributed by atoms with Crippen LogP contribution in [0, 0.1) is 0 Å². The topological polar surface area (TPSA) is 60.4 Å². The van der Waals surface area contributed by atoms with Crippen molar-refractivity contribution in [2.75, 3.05) is 0 Å². The van der Waals surface area contributed by atoms with Crippen LogP contribution in [0.5, 0.6) is 0 Å². The second-order valence-electron chi connectivity index (χ2n) is 2.73. The molecule has 2 rings (SSSR count). The lowest BCUT2D eigenvalue weighted by Crippen LogP contribution is -3.00. The fourth-order valence-corrected chi connectivity index (χ4v) is 1.53. The Labute approximate surface area is 79.6 Å². The molecule has 0 N–H and O–H groups in total. The first kappa shape index (κ1) is 9.25. The number of nitrogens with zero attached hydrogens (tertiary/aromatic N) is 1. The lowest BCUT2D eigenvalue weighted by molar-refractivity contribution is -0.301. The number of fused-ring (bicyclic) bond motifs is 1. The van der Waals surface area contributed by atoms with E-state index in [0.717, 1.165) is 0 Å². The fraction of sp³-hybridized carbons (Fsp3) is 0.429. The summed E-state index contributed by atoms with van der Waals surface area (Å²) in [5.41, 5.74) is 0.0475. The number of hydrogen-bond donors (Lipinski definition) is 0. The van der Waals surface area contributed by atoms with E-state index in [4.69, 9.17) is 0 Å². The molecule has 0 spiro atoms. The van der Waals surface area contributed by atoms with Crippen LogP contribution in [-0.2, 0) is 9.59 Å². The number of carbonyl (C=O) groups is 2. The first-order valence-electron chi connectivity index (χ1n) is 3.43. The summed E-state index contributed by atoms with van der Waals surface area (Å²) >= 11 is 0. The van der Waals surface area contributed by atoms with Gasteiger partial charge in [-0.1, -0.05) is 6.08 Å². The minimum absolute atomic E-state index is 0. The second-order valence-corrected chi connectivity index (χ2v) is 2.73. The van der Waals surface area contributed by atoms with Crippen LogP contribution in [0.3, 0.4) is 0 Å². The van der Waals surface area contributed by atoms with Gasteiger partial charge in [0.1, 0.15) is 0 Å². The Kier molecular flexibility index (Phi) is 2.23. The van der Waals surface area contributed by atoms with Crippen molar-refractivity contribution < 1.29 is 31.7 Å². The van der Waals surface area contributed by atoms with Crippen LogP contribution in [0.15, 0.2) is 11.8 Å². The van der Waals surface area contributed by atoms with Gasteiger partial charge in [-0.2, -0.15) is 0 Å². The average molecular weight is 232 g/mol. The molecule has 0 aromatic heterocycles. The van der Waals surface area contributed by atoms with Crippen LogP contribution in [0.2, 0.25) is 0 Å². The van der Waals surface area contributed by atoms with Gasteiger partial charge in [-0.05, 0) is 6.42 Å². The number of β-lactam (4-membered cyclic amide) rings is 1. The predicted molar refractivity (Wildman–Crippen MR) is 33.0 cm³/mol. The maximum Gasteiger partial charge on any atom is 0.229 e. The molecule has 2 aliphatic heterocycles. The van der Waals surface area contributed by atoms with Gasteiger partial charge in [0, 0.05) is 12.5 Å². The molecule has 0 bridgehead atoms. The summed E-state index contributed by atoms with van der Waals surface area (Å²) in [7, 11) is 0. The van der Waals surface area contributed by atoms with Crippen molar-refractivity contribution in [3.8, 4) is 0 Å². The fourth-order valence-electron chi connectivity index (χ4n) is 1.53. The van der Waals surface area contributed by atoms with Gasteiger partial charge in [0.25, 0.3) is 0 Å². The molecule has 0 aliphatic carbocycles. The molecule has 0 aromatic carbocycles. The maximum atomic E-state index is 10.8. The zero-order chi connectivity index (χ0) is 8.01. The maximum absolute atomic E-state index is 10.8. The van der Waals surface area contributed by atoms with E-state index in [2.05, 4.69) is 0 Å². The van der Waals surface area contributed by atoms with E-state index in [-0.39, 0.29) is 34.6 Å². The summed E-state index contributed by atoms with van der Waals surface area (Å²) in [6.07, 6.45) is 2.69. The lowest BCUT2D eigenvalue weighted by atomic mass is 10.0. The average Bonchev–Trinajstić information content (AvgIpc) is 2.25. The number of rotatable bonds is 1. The third kappa shape index (κ3) is 1.04. The molecular weight excluding hydrogens is 226 g/mol. The van der Waals surface area contributed by atoms with Gasteiger partial charge in [0.05, 0.1) is 11.7 Å². The zero-order valence-electron chi connectivity index (χ0n) is 6.12. The molecule has 2 heterocycles. The Morgan fingerprint density at radius 2 is 2.33 bits per heavy atom. The lowest BCUT2D eigenvalue weighted by Gasteiger charge is -2.36. The van der Waals surface area contributed by atoms with E-state index in [0.29, 0.717) is 12.8 Å². The molecule has 0 radical (unpaired) electrons. The van der Waals surface area contributed by atoms with E-state index in [9.17, 15) is 14.7 Å². The second kappa shape index (κ2) is 2.90. The van der Waals surface area contributed by atoms with Crippen molar-refractivity contribution in [1.82, 2.24) is 4.90 Å². The Hall–Kier alpha value is -0.840. The molecule has 1 atom stereocenters. The largest absolute Gasteiger partial charge is 1.00 e. The van der Waals surface area contributed by atoms with Crippen LogP contribution in [0.4, 0.5) is 0 Å². The third-order valence-corrected chi connectivity index (χ3v) is 2.10. The molecule has 12 heavy (non-hydrogen) atoms. The highest BCUT2D eigenvalue weighted by Gasteiger charge is 2.41. The van der Waals surface area contributed by atoms with Crippen LogP contribution >= 0.6 is 0 Å². The number of carboxylic acid groups (broad SMARTS) is 1. The quantitative estimate of drug-likeness (QED) is 0.429. The van der Waals surface area contributed by atoms with Gasteiger partial charge in [-0.15, -0.1) is 0 Å². The molecule has 1 amide bonds. The van der Waals surface area contributed by atoms with E-state index >= 15 is 0 Å². The SMILES string of the molecule is O=C([O-])C1=CC[C@@H]2CC(=O)N12.[Br-]. The van der Waals surface area contributed by atoms with Crippen LogP contribution in [-0.4, -0.2) is 22.8 Å². The van der Waals surface area contributed by atoms with Gasteiger partial charge >= 0.3 is 0 Å². The molecule has 4 nitrogen and oxygen atoms in total. The number of hydrogen-bond acceptors (Lipinski definition) is 3. The van der Waals surface area contributed by atoms with Gasteiger partial charge < -0.3 is 31.8 Å². The van der Waals surface area contributed by atoms with E-state index in [1.807, 2.05) is 0 Å². The highest BCUT2D eigenvalue weighted by atomic mass is 79.9. The first-order valence-corrected chi connectivity index (χ1v) is 3.43. The van der Waals surface area contributed by atoms with Crippen LogP contribution in [0.1, 0.15) is 12.8 Å². The Morgan fingerprint density at radius 3 is 2.75 bits per heavy atom. The molecule has 2 aliphatic rings. The molecule has 1 fully saturated rings. The molecule has 66 valence electrons. The summed E-state index contributed by atoms with van der Waals surface area (Å²) in [6.45, 7) is 0. The van der Waals surface area contributed by atoms with Crippen molar-refractivity contribution >= 4 is 11.9 Å². The van der Waals surface area contributed by atoms with E-state index in [1.54, 1.807) is 6.08 Å². The summed E-state index contributed by atoms with van der Waals surface area (Å²) < 4.78 is 0. The van der Waals surface area contributed by atoms with Crippen molar-refractivity contribution in [2.24, 2.45) is 0 Å². The van der Waals surface area contributed by atoms with Crippen molar-refractivity contribution in [3.63, 3.8) is 0 Å².